The Bertz CT molecular complexity index is 1260. The highest BCUT2D eigenvalue weighted by atomic mass is 16.5. The van der Waals surface area contributed by atoms with Crippen LogP contribution in [0.2, 0.25) is 0 Å². The lowest BCUT2D eigenvalue weighted by atomic mass is 9.77. The van der Waals surface area contributed by atoms with Crippen molar-refractivity contribution in [2.75, 3.05) is 6.61 Å². The third-order valence-corrected chi connectivity index (χ3v) is 9.51. The van der Waals surface area contributed by atoms with Gasteiger partial charge in [-0.2, -0.15) is 0 Å². The molecule has 3 nitrogen and oxygen atoms in total. The Hall–Kier alpha value is -3.33. The number of nitrogens with one attached hydrogen (secondary N) is 1. The number of ether oxygens (including phenoxy) is 1. The predicted molar refractivity (Wildman–Crippen MR) is 163 cm³/mol. The van der Waals surface area contributed by atoms with Crippen LogP contribution in [0.25, 0.3) is 11.1 Å². The number of hydrogen-bond acceptors (Lipinski definition) is 2. The number of hydrogen-bond donors (Lipinski definition) is 1. The zero-order chi connectivity index (χ0) is 27.1. The van der Waals surface area contributed by atoms with Gasteiger partial charge in [-0.15, -0.1) is 0 Å². The summed E-state index contributed by atoms with van der Waals surface area (Å²) in [4.78, 5) is 13.4. The SMILES string of the molecule is O=C(N[C@H](C/C(=C/C1CCCCC1)C1CCCCC1)c1ccccc1)OCC1c2ccccc2-c2ccccc21. The predicted octanol–water partition coefficient (Wildman–Crippen LogP) is 9.74. The average molecular weight is 534 g/mol. The second-order valence-corrected chi connectivity index (χ2v) is 12.1. The summed E-state index contributed by atoms with van der Waals surface area (Å²) >= 11 is 0. The van der Waals surface area contributed by atoms with E-state index in [4.69, 9.17) is 4.74 Å². The highest BCUT2D eigenvalue weighted by molar-refractivity contribution is 5.79. The van der Waals surface area contributed by atoms with Crippen molar-refractivity contribution >= 4 is 6.09 Å². The molecule has 3 aromatic carbocycles. The van der Waals surface area contributed by atoms with Crippen molar-refractivity contribution in [2.24, 2.45) is 11.8 Å². The van der Waals surface area contributed by atoms with Crippen LogP contribution in [0.4, 0.5) is 4.79 Å². The van der Waals surface area contributed by atoms with Gasteiger partial charge in [-0.3, -0.25) is 0 Å². The zero-order valence-electron chi connectivity index (χ0n) is 23.7. The fourth-order valence-corrected chi connectivity index (χ4v) is 7.40. The Balaban J connectivity index is 1.19. The standard InChI is InChI=1S/C37H43NO2/c39-37(40-26-35-33-22-12-10-20-31(33)32-21-11-13-23-34(32)35)38-36(29-18-8-3-9-19-29)25-30(28-16-6-2-7-17-28)24-27-14-4-1-5-15-27/h3,8-13,18-24,27-28,35-36H,1-2,4-7,14-17,25-26H2,(H,38,39)/b30-24-/t36-/m1/s1. The molecule has 0 saturated heterocycles. The second-order valence-electron chi connectivity index (χ2n) is 12.1. The number of rotatable bonds is 8. The maximum Gasteiger partial charge on any atom is 0.407 e. The first-order valence-corrected chi connectivity index (χ1v) is 15.6. The summed E-state index contributed by atoms with van der Waals surface area (Å²) in [5.41, 5.74) is 7.71. The molecular formula is C37H43NO2. The van der Waals surface area contributed by atoms with Crippen LogP contribution in [0.5, 0.6) is 0 Å². The number of carbonyl (C=O) groups excluding carboxylic acids is 1. The van der Waals surface area contributed by atoms with E-state index in [1.165, 1.54) is 86.5 Å². The fourth-order valence-electron chi connectivity index (χ4n) is 7.40. The first-order chi connectivity index (χ1) is 19.8. The van der Waals surface area contributed by atoms with E-state index >= 15 is 0 Å². The number of fused-ring (bicyclic) bond motifs is 3. The first-order valence-electron chi connectivity index (χ1n) is 15.6. The van der Waals surface area contributed by atoms with Gasteiger partial charge in [0.2, 0.25) is 0 Å². The number of carbonyl (C=O) groups is 1. The summed E-state index contributed by atoms with van der Waals surface area (Å²) in [5.74, 6) is 1.40. The molecule has 1 N–H and O–H groups in total. The van der Waals surface area contributed by atoms with E-state index in [1.54, 1.807) is 5.57 Å². The molecule has 6 rings (SSSR count). The minimum atomic E-state index is -0.323. The van der Waals surface area contributed by atoms with Crippen molar-refractivity contribution in [1.29, 1.82) is 0 Å². The Kier molecular flexibility index (Phi) is 8.66. The third kappa shape index (κ3) is 6.19. The van der Waals surface area contributed by atoms with Gasteiger partial charge in [-0.25, -0.2) is 4.79 Å². The van der Waals surface area contributed by atoms with Crippen LogP contribution in [0.1, 0.15) is 99.3 Å². The van der Waals surface area contributed by atoms with Crippen molar-refractivity contribution < 1.29 is 9.53 Å². The van der Waals surface area contributed by atoms with Crippen LogP contribution in [0.3, 0.4) is 0 Å². The normalized spacial score (nSPS) is 19.1. The van der Waals surface area contributed by atoms with E-state index in [0.717, 1.165) is 12.0 Å². The molecule has 3 aliphatic rings. The van der Waals surface area contributed by atoms with E-state index in [0.29, 0.717) is 18.4 Å². The molecular weight excluding hydrogens is 490 g/mol. The van der Waals surface area contributed by atoms with Crippen molar-refractivity contribution in [1.82, 2.24) is 5.32 Å². The fraction of sp³-hybridized carbons (Fsp3) is 0.432. The molecule has 0 bridgehead atoms. The molecule has 3 heteroatoms. The molecule has 1 atom stereocenters. The van der Waals surface area contributed by atoms with Gasteiger partial charge in [0.25, 0.3) is 0 Å². The van der Waals surface area contributed by atoms with E-state index < -0.39 is 0 Å². The van der Waals surface area contributed by atoms with Crippen molar-refractivity contribution in [3.63, 3.8) is 0 Å². The molecule has 208 valence electrons. The van der Waals surface area contributed by atoms with Gasteiger partial charge in [0.1, 0.15) is 6.61 Å². The Labute approximate surface area is 240 Å². The molecule has 0 radical (unpaired) electrons. The van der Waals surface area contributed by atoms with Gasteiger partial charge in [-0.05, 0) is 71.8 Å². The lowest BCUT2D eigenvalue weighted by Crippen LogP contribution is -2.31. The molecule has 0 aromatic heterocycles. The molecule has 2 saturated carbocycles. The van der Waals surface area contributed by atoms with Crippen molar-refractivity contribution in [3.05, 3.63) is 107 Å². The molecule has 40 heavy (non-hydrogen) atoms. The highest BCUT2D eigenvalue weighted by Gasteiger charge is 2.30. The second kappa shape index (κ2) is 12.9. The Morgan fingerprint density at radius 3 is 1.98 bits per heavy atom. The monoisotopic (exact) mass is 533 g/mol. The van der Waals surface area contributed by atoms with Gasteiger partial charge < -0.3 is 10.1 Å². The molecule has 1 amide bonds. The molecule has 3 aromatic rings. The lowest BCUT2D eigenvalue weighted by Gasteiger charge is -2.30. The van der Waals surface area contributed by atoms with E-state index in [2.05, 4.69) is 84.2 Å². The van der Waals surface area contributed by atoms with Gasteiger partial charge in [0.15, 0.2) is 0 Å². The number of allylic oxidation sites excluding steroid dienone is 1. The minimum absolute atomic E-state index is 0.0670. The van der Waals surface area contributed by atoms with Crippen LogP contribution in [-0.4, -0.2) is 12.7 Å². The summed E-state index contributed by atoms with van der Waals surface area (Å²) in [5, 5.41) is 3.31. The largest absolute Gasteiger partial charge is 0.449 e. The molecule has 0 spiro atoms. The van der Waals surface area contributed by atoms with E-state index in [9.17, 15) is 4.79 Å². The quantitative estimate of drug-likeness (QED) is 0.293. The summed E-state index contributed by atoms with van der Waals surface area (Å²) in [6, 6.07) is 27.4. The maximum absolute atomic E-state index is 13.4. The molecule has 0 heterocycles. The van der Waals surface area contributed by atoms with E-state index in [-0.39, 0.29) is 18.1 Å². The van der Waals surface area contributed by atoms with Crippen molar-refractivity contribution in [3.8, 4) is 11.1 Å². The molecule has 0 unspecified atom stereocenters. The zero-order valence-corrected chi connectivity index (χ0v) is 23.7. The molecule has 3 aliphatic carbocycles. The van der Waals surface area contributed by atoms with Crippen LogP contribution in [-0.2, 0) is 4.74 Å². The summed E-state index contributed by atoms with van der Waals surface area (Å²) in [7, 11) is 0. The average Bonchev–Trinajstić information content (AvgIpc) is 3.34. The number of alkyl carbamates (subject to hydrolysis) is 1. The summed E-state index contributed by atoms with van der Waals surface area (Å²) in [6.45, 7) is 0.342. The number of amides is 1. The van der Waals surface area contributed by atoms with Crippen LogP contribution in [0.15, 0.2) is 90.5 Å². The smallest absolute Gasteiger partial charge is 0.407 e. The molecule has 0 aliphatic heterocycles. The maximum atomic E-state index is 13.4. The van der Waals surface area contributed by atoms with E-state index in [1.807, 2.05) is 6.07 Å². The van der Waals surface area contributed by atoms with Crippen LogP contribution >= 0.6 is 0 Å². The molecule has 2 fully saturated rings. The number of benzene rings is 3. The van der Waals surface area contributed by atoms with Gasteiger partial charge >= 0.3 is 6.09 Å². The van der Waals surface area contributed by atoms with Gasteiger partial charge in [0, 0.05) is 5.92 Å². The van der Waals surface area contributed by atoms with Crippen LogP contribution < -0.4 is 5.32 Å². The van der Waals surface area contributed by atoms with Gasteiger partial charge in [0.05, 0.1) is 6.04 Å². The highest BCUT2D eigenvalue weighted by Crippen LogP contribution is 2.44. The summed E-state index contributed by atoms with van der Waals surface area (Å²) < 4.78 is 6.00. The summed E-state index contributed by atoms with van der Waals surface area (Å²) in [6.07, 6.45) is 16.4. The van der Waals surface area contributed by atoms with Crippen molar-refractivity contribution in [2.45, 2.75) is 82.6 Å². The van der Waals surface area contributed by atoms with Gasteiger partial charge in [-0.1, -0.05) is 129 Å². The first kappa shape index (κ1) is 26.9. The Morgan fingerprint density at radius 2 is 1.32 bits per heavy atom. The third-order valence-electron chi connectivity index (χ3n) is 9.51. The topological polar surface area (TPSA) is 38.3 Å². The lowest BCUT2D eigenvalue weighted by molar-refractivity contribution is 0.138. The minimum Gasteiger partial charge on any atom is -0.449 e. The Morgan fingerprint density at radius 1 is 0.750 bits per heavy atom. The van der Waals surface area contributed by atoms with Crippen LogP contribution in [0, 0.1) is 11.8 Å².